The van der Waals surface area contributed by atoms with Crippen molar-refractivity contribution in [3.8, 4) is 0 Å². The lowest BCUT2D eigenvalue weighted by atomic mass is 9.72. The maximum absolute atomic E-state index is 5.86. The fraction of sp³-hybridized carbons (Fsp3) is 0.522. The maximum atomic E-state index is 5.86. The highest BCUT2D eigenvalue weighted by Gasteiger charge is 2.35. The Hall–Kier alpha value is -1.91. The van der Waals surface area contributed by atoms with Crippen LogP contribution in [0, 0.1) is 5.41 Å². The summed E-state index contributed by atoms with van der Waals surface area (Å²) in [7, 11) is 0. The third-order valence-corrected chi connectivity index (χ3v) is 5.90. The summed E-state index contributed by atoms with van der Waals surface area (Å²) in [6.07, 6.45) is 10.1. The van der Waals surface area contributed by atoms with Crippen LogP contribution in [0.4, 0.5) is 0 Å². The summed E-state index contributed by atoms with van der Waals surface area (Å²) in [6.45, 7) is 6.32. The van der Waals surface area contributed by atoms with Crippen molar-refractivity contribution in [2.75, 3.05) is 19.8 Å². The van der Waals surface area contributed by atoms with Gasteiger partial charge in [0.05, 0.1) is 18.0 Å². The van der Waals surface area contributed by atoms with Gasteiger partial charge in [-0.2, -0.15) is 5.10 Å². The Labute approximate surface area is 162 Å². The number of allylic oxidation sites excluding steroid dienone is 1. The quantitative estimate of drug-likeness (QED) is 0.681. The highest BCUT2D eigenvalue weighted by molar-refractivity contribution is 5.56. The molecule has 0 amide bonds. The molecule has 1 aliphatic heterocycles. The molecular weight excluding hydrogens is 336 g/mol. The first-order chi connectivity index (χ1) is 13.3. The van der Waals surface area contributed by atoms with Crippen molar-refractivity contribution in [3.63, 3.8) is 0 Å². The van der Waals surface area contributed by atoms with Crippen LogP contribution >= 0.6 is 0 Å². The molecule has 4 nitrogen and oxygen atoms in total. The van der Waals surface area contributed by atoms with E-state index in [9.17, 15) is 0 Å². The Morgan fingerprint density at radius 2 is 2.00 bits per heavy atom. The lowest BCUT2D eigenvalue weighted by Gasteiger charge is -2.36. The van der Waals surface area contributed by atoms with E-state index >= 15 is 0 Å². The van der Waals surface area contributed by atoms with Gasteiger partial charge >= 0.3 is 0 Å². The minimum absolute atomic E-state index is 0.283. The zero-order valence-electron chi connectivity index (χ0n) is 16.3. The number of aryl methyl sites for hydroxylation is 2. The molecule has 2 aromatic rings. The minimum atomic E-state index is 0.283. The molecule has 2 heterocycles. The third kappa shape index (κ3) is 4.17. The van der Waals surface area contributed by atoms with Crippen molar-refractivity contribution in [2.45, 2.75) is 52.2 Å². The molecule has 1 aliphatic carbocycles. The monoisotopic (exact) mass is 366 g/mol. The molecule has 0 radical (unpaired) electrons. The van der Waals surface area contributed by atoms with Crippen LogP contribution in [0.15, 0.2) is 36.4 Å². The van der Waals surface area contributed by atoms with Gasteiger partial charge in [-0.15, -0.1) is 0 Å². The van der Waals surface area contributed by atoms with Gasteiger partial charge in [0.1, 0.15) is 0 Å². The largest absolute Gasteiger partial charge is 0.381 e. The van der Waals surface area contributed by atoms with E-state index in [1.54, 1.807) is 0 Å². The molecule has 0 N–H and O–H groups in total. The first-order valence-corrected chi connectivity index (χ1v) is 10.3. The average Bonchev–Trinajstić information content (AvgIpc) is 3.06. The molecule has 0 bridgehead atoms. The molecule has 0 atom stereocenters. The number of ether oxygens (including phenoxy) is 2. The van der Waals surface area contributed by atoms with Crippen LogP contribution in [0.5, 0.6) is 0 Å². The van der Waals surface area contributed by atoms with Crippen molar-refractivity contribution in [3.05, 3.63) is 58.9 Å². The zero-order valence-corrected chi connectivity index (χ0v) is 16.3. The molecule has 1 spiro atoms. The molecule has 4 rings (SSSR count). The fourth-order valence-corrected chi connectivity index (χ4v) is 4.28. The van der Waals surface area contributed by atoms with E-state index in [-0.39, 0.29) is 5.41 Å². The molecule has 1 fully saturated rings. The van der Waals surface area contributed by atoms with Crippen LogP contribution < -0.4 is 0 Å². The summed E-state index contributed by atoms with van der Waals surface area (Å²) in [4.78, 5) is 0. The van der Waals surface area contributed by atoms with Crippen molar-refractivity contribution < 1.29 is 9.47 Å². The van der Waals surface area contributed by atoms with Gasteiger partial charge in [0.25, 0.3) is 0 Å². The summed E-state index contributed by atoms with van der Waals surface area (Å²) in [5.74, 6) is 0. The number of rotatable bonds is 7. The van der Waals surface area contributed by atoms with Gasteiger partial charge in [-0.05, 0) is 56.1 Å². The van der Waals surface area contributed by atoms with E-state index in [1.807, 2.05) is 6.07 Å². The van der Waals surface area contributed by atoms with Gasteiger partial charge < -0.3 is 9.47 Å². The fourth-order valence-electron chi connectivity index (χ4n) is 4.28. The number of aromatic nitrogens is 2. The molecule has 1 saturated heterocycles. The van der Waals surface area contributed by atoms with Crippen LogP contribution in [-0.4, -0.2) is 29.6 Å². The Balaban J connectivity index is 1.37. The van der Waals surface area contributed by atoms with Gasteiger partial charge in [0, 0.05) is 31.9 Å². The van der Waals surface area contributed by atoms with E-state index in [2.05, 4.69) is 48.0 Å². The molecule has 2 aliphatic rings. The molecule has 4 heteroatoms. The standard InChI is InChI=1S/C23H30N2O2/c1-2-25-22-10-11-23(12-15-26-16-13-23)17-20(22)21(24-25)9-6-14-27-18-19-7-4-3-5-8-19/h3-5,7-8,10-11H,2,6,9,12-18H2,1H3. The number of fused-ring (bicyclic) bond motifs is 1. The number of nitrogens with zero attached hydrogens (tertiary/aromatic N) is 2. The molecule has 27 heavy (non-hydrogen) atoms. The van der Waals surface area contributed by atoms with E-state index < -0.39 is 0 Å². The predicted octanol–water partition coefficient (Wildman–Crippen LogP) is 4.42. The molecule has 1 aromatic carbocycles. The number of hydrogen-bond donors (Lipinski definition) is 0. The van der Waals surface area contributed by atoms with Crippen LogP contribution in [0.2, 0.25) is 0 Å². The van der Waals surface area contributed by atoms with E-state index in [0.29, 0.717) is 6.61 Å². The lowest BCUT2D eigenvalue weighted by Crippen LogP contribution is -2.31. The normalized spacial score (nSPS) is 18.0. The van der Waals surface area contributed by atoms with Crippen molar-refractivity contribution in [2.24, 2.45) is 5.41 Å². The first-order valence-electron chi connectivity index (χ1n) is 10.3. The molecule has 0 unspecified atom stereocenters. The average molecular weight is 367 g/mol. The third-order valence-electron chi connectivity index (χ3n) is 5.90. The molecule has 144 valence electrons. The number of benzene rings is 1. The number of hydrogen-bond acceptors (Lipinski definition) is 3. The van der Waals surface area contributed by atoms with Gasteiger partial charge in [0.2, 0.25) is 0 Å². The summed E-state index contributed by atoms with van der Waals surface area (Å²) in [5.41, 5.74) is 5.56. The summed E-state index contributed by atoms with van der Waals surface area (Å²) < 4.78 is 13.6. The van der Waals surface area contributed by atoms with Gasteiger partial charge in [-0.1, -0.05) is 36.4 Å². The molecular formula is C23H30N2O2. The summed E-state index contributed by atoms with van der Waals surface area (Å²) in [5, 5.41) is 4.92. The van der Waals surface area contributed by atoms with E-state index in [0.717, 1.165) is 58.5 Å². The zero-order chi connectivity index (χ0) is 18.5. The van der Waals surface area contributed by atoms with Gasteiger partial charge in [-0.3, -0.25) is 4.68 Å². The maximum Gasteiger partial charge on any atom is 0.0716 e. The minimum Gasteiger partial charge on any atom is -0.381 e. The summed E-state index contributed by atoms with van der Waals surface area (Å²) in [6, 6.07) is 10.4. The second-order valence-corrected chi connectivity index (χ2v) is 7.75. The second kappa shape index (κ2) is 8.41. The van der Waals surface area contributed by atoms with Crippen LogP contribution in [0.25, 0.3) is 6.08 Å². The summed E-state index contributed by atoms with van der Waals surface area (Å²) >= 11 is 0. The topological polar surface area (TPSA) is 36.3 Å². The highest BCUT2D eigenvalue weighted by Crippen LogP contribution is 2.41. The second-order valence-electron chi connectivity index (χ2n) is 7.75. The molecule has 1 aromatic heterocycles. The van der Waals surface area contributed by atoms with Crippen molar-refractivity contribution in [1.29, 1.82) is 0 Å². The van der Waals surface area contributed by atoms with E-state index in [4.69, 9.17) is 14.6 Å². The highest BCUT2D eigenvalue weighted by atomic mass is 16.5. The Kier molecular flexibility index (Phi) is 5.74. The van der Waals surface area contributed by atoms with Gasteiger partial charge in [-0.25, -0.2) is 0 Å². The van der Waals surface area contributed by atoms with Crippen LogP contribution in [0.1, 0.15) is 48.7 Å². The Bertz CT molecular complexity index is 773. The smallest absolute Gasteiger partial charge is 0.0716 e. The van der Waals surface area contributed by atoms with Crippen molar-refractivity contribution in [1.82, 2.24) is 9.78 Å². The van der Waals surface area contributed by atoms with Gasteiger partial charge in [0.15, 0.2) is 0 Å². The Morgan fingerprint density at radius 1 is 1.19 bits per heavy atom. The first kappa shape index (κ1) is 18.5. The SMILES string of the molecule is CCn1nc(CCCOCc2ccccc2)c2c1C=CC1(CCOCC1)C2. The lowest BCUT2D eigenvalue weighted by molar-refractivity contribution is 0.0371. The van der Waals surface area contributed by atoms with Crippen LogP contribution in [0.3, 0.4) is 0 Å². The Morgan fingerprint density at radius 3 is 2.78 bits per heavy atom. The van der Waals surface area contributed by atoms with E-state index in [1.165, 1.54) is 22.5 Å². The molecule has 0 saturated carbocycles. The van der Waals surface area contributed by atoms with Crippen molar-refractivity contribution >= 4 is 6.08 Å². The van der Waals surface area contributed by atoms with Crippen LogP contribution in [-0.2, 0) is 35.5 Å². The predicted molar refractivity (Wildman–Crippen MR) is 108 cm³/mol.